The summed E-state index contributed by atoms with van der Waals surface area (Å²) in [6.07, 6.45) is 0. The number of amidine groups is 1. The van der Waals surface area contributed by atoms with Crippen molar-refractivity contribution in [2.45, 2.75) is 0 Å². The summed E-state index contributed by atoms with van der Waals surface area (Å²) in [6, 6.07) is 0. The number of nitrogens with two attached hydrogens (primary N) is 2. The van der Waals surface area contributed by atoms with E-state index >= 15 is 0 Å². The standard InChI is InChI=1S/C4H9N5/c5-3(6)2-4(7)9-1-8-2/h8-9H,1,7H2,(H3,5,6). The topological polar surface area (TPSA) is 100.0 Å². The minimum absolute atomic E-state index is 0.0301. The first-order chi connectivity index (χ1) is 4.22. The van der Waals surface area contributed by atoms with Crippen LogP contribution in [-0.2, 0) is 0 Å². The molecule has 1 heterocycles. The molecule has 50 valence electrons. The summed E-state index contributed by atoms with van der Waals surface area (Å²) in [4.78, 5) is 0. The average Bonchev–Trinajstić information content (AvgIpc) is 2.13. The quantitative estimate of drug-likeness (QED) is 0.212. The van der Waals surface area contributed by atoms with Crippen molar-refractivity contribution in [2.24, 2.45) is 11.5 Å². The van der Waals surface area contributed by atoms with E-state index in [1.807, 2.05) is 0 Å². The van der Waals surface area contributed by atoms with E-state index in [0.29, 0.717) is 18.2 Å². The van der Waals surface area contributed by atoms with E-state index in [-0.39, 0.29) is 5.84 Å². The van der Waals surface area contributed by atoms with Gasteiger partial charge in [0.25, 0.3) is 0 Å². The fourth-order valence-electron chi connectivity index (χ4n) is 0.652. The van der Waals surface area contributed by atoms with E-state index in [9.17, 15) is 0 Å². The lowest BCUT2D eigenvalue weighted by Gasteiger charge is -1.97. The van der Waals surface area contributed by atoms with Crippen LogP contribution in [0.5, 0.6) is 0 Å². The van der Waals surface area contributed by atoms with Gasteiger partial charge in [-0.25, -0.2) is 0 Å². The number of hydrogen-bond donors (Lipinski definition) is 5. The summed E-state index contributed by atoms with van der Waals surface area (Å²) in [6.45, 7) is 0.556. The molecular weight excluding hydrogens is 118 g/mol. The van der Waals surface area contributed by atoms with Crippen molar-refractivity contribution < 1.29 is 0 Å². The highest BCUT2D eigenvalue weighted by Gasteiger charge is 2.10. The monoisotopic (exact) mass is 127 g/mol. The van der Waals surface area contributed by atoms with Crippen molar-refractivity contribution in [2.75, 3.05) is 6.67 Å². The maximum atomic E-state index is 6.96. The molecule has 0 atom stereocenters. The fraction of sp³-hybridized carbons (Fsp3) is 0.250. The van der Waals surface area contributed by atoms with Crippen LogP contribution in [0.1, 0.15) is 0 Å². The minimum atomic E-state index is -0.0301. The Bertz CT molecular complexity index is 170. The predicted molar refractivity (Wildman–Crippen MR) is 34.3 cm³/mol. The molecule has 0 fully saturated rings. The van der Waals surface area contributed by atoms with Crippen molar-refractivity contribution >= 4 is 5.84 Å². The van der Waals surface area contributed by atoms with E-state index in [1.165, 1.54) is 0 Å². The lowest BCUT2D eigenvalue weighted by atomic mass is 10.4. The second kappa shape index (κ2) is 1.85. The maximum absolute atomic E-state index is 6.96. The molecule has 5 heteroatoms. The van der Waals surface area contributed by atoms with E-state index in [0.717, 1.165) is 0 Å². The third-order valence-electron chi connectivity index (χ3n) is 1.08. The maximum Gasteiger partial charge on any atom is 0.143 e. The van der Waals surface area contributed by atoms with Gasteiger partial charge >= 0.3 is 0 Å². The normalized spacial score (nSPS) is 16.9. The molecule has 7 N–H and O–H groups in total. The van der Waals surface area contributed by atoms with Gasteiger partial charge in [0.15, 0.2) is 0 Å². The van der Waals surface area contributed by atoms with Crippen LogP contribution >= 0.6 is 0 Å². The van der Waals surface area contributed by atoms with Crippen LogP contribution in [0.4, 0.5) is 0 Å². The molecule has 0 aromatic heterocycles. The van der Waals surface area contributed by atoms with Crippen LogP contribution in [0, 0.1) is 5.41 Å². The highest BCUT2D eigenvalue weighted by Crippen LogP contribution is 1.94. The van der Waals surface area contributed by atoms with E-state index < -0.39 is 0 Å². The molecule has 0 saturated carbocycles. The third kappa shape index (κ3) is 0.883. The molecule has 0 aliphatic carbocycles. The molecule has 0 aromatic rings. The molecule has 0 spiro atoms. The summed E-state index contributed by atoms with van der Waals surface area (Å²) < 4.78 is 0. The van der Waals surface area contributed by atoms with Crippen molar-refractivity contribution in [3.63, 3.8) is 0 Å². The third-order valence-corrected chi connectivity index (χ3v) is 1.08. The molecule has 9 heavy (non-hydrogen) atoms. The number of nitrogens with one attached hydrogen (secondary N) is 3. The molecular formula is C4H9N5. The summed E-state index contributed by atoms with van der Waals surface area (Å²) >= 11 is 0. The van der Waals surface area contributed by atoms with Gasteiger partial charge in [-0.3, -0.25) is 5.41 Å². The van der Waals surface area contributed by atoms with Crippen LogP contribution < -0.4 is 22.1 Å². The van der Waals surface area contributed by atoms with Gasteiger partial charge in [0, 0.05) is 0 Å². The largest absolute Gasteiger partial charge is 0.384 e. The molecule has 0 bridgehead atoms. The molecule has 0 amide bonds. The van der Waals surface area contributed by atoms with Crippen LogP contribution in [-0.4, -0.2) is 12.5 Å². The molecule has 1 aliphatic rings. The Kier molecular flexibility index (Phi) is 1.18. The van der Waals surface area contributed by atoms with Gasteiger partial charge in [0.05, 0.1) is 6.67 Å². The van der Waals surface area contributed by atoms with Crippen molar-refractivity contribution in [1.82, 2.24) is 10.6 Å². The Morgan fingerprint density at radius 3 is 2.44 bits per heavy atom. The molecule has 1 aliphatic heterocycles. The van der Waals surface area contributed by atoms with Gasteiger partial charge in [-0.15, -0.1) is 0 Å². The Hall–Kier alpha value is -1.39. The Morgan fingerprint density at radius 2 is 2.22 bits per heavy atom. The first-order valence-electron chi connectivity index (χ1n) is 2.53. The van der Waals surface area contributed by atoms with Crippen molar-refractivity contribution in [3.8, 4) is 0 Å². The number of rotatable bonds is 1. The van der Waals surface area contributed by atoms with Gasteiger partial charge in [-0.2, -0.15) is 0 Å². The van der Waals surface area contributed by atoms with Gasteiger partial charge in [0.2, 0.25) is 0 Å². The average molecular weight is 127 g/mol. The second-order valence-electron chi connectivity index (χ2n) is 1.73. The van der Waals surface area contributed by atoms with E-state index in [4.69, 9.17) is 16.9 Å². The highest BCUT2D eigenvalue weighted by atomic mass is 15.2. The van der Waals surface area contributed by atoms with Crippen LogP contribution in [0.3, 0.4) is 0 Å². The number of hydrogen-bond acceptors (Lipinski definition) is 4. The summed E-state index contributed by atoms with van der Waals surface area (Å²) in [5, 5.41) is 12.5. The summed E-state index contributed by atoms with van der Waals surface area (Å²) in [5.41, 5.74) is 11.0. The Morgan fingerprint density at radius 1 is 1.56 bits per heavy atom. The first-order valence-corrected chi connectivity index (χ1v) is 2.53. The van der Waals surface area contributed by atoms with Crippen LogP contribution in [0.25, 0.3) is 0 Å². The Labute approximate surface area is 52.6 Å². The smallest absolute Gasteiger partial charge is 0.143 e. The summed E-state index contributed by atoms with van der Waals surface area (Å²) in [7, 11) is 0. The van der Waals surface area contributed by atoms with Gasteiger partial charge < -0.3 is 22.1 Å². The Balaban J connectivity index is 2.78. The second-order valence-corrected chi connectivity index (χ2v) is 1.73. The van der Waals surface area contributed by atoms with Gasteiger partial charge in [-0.1, -0.05) is 0 Å². The minimum Gasteiger partial charge on any atom is -0.384 e. The molecule has 0 unspecified atom stereocenters. The van der Waals surface area contributed by atoms with E-state index in [1.54, 1.807) is 0 Å². The summed E-state index contributed by atoms with van der Waals surface area (Å²) in [5.74, 6) is 0.417. The fourth-order valence-corrected chi connectivity index (χ4v) is 0.652. The zero-order valence-corrected chi connectivity index (χ0v) is 4.86. The van der Waals surface area contributed by atoms with Crippen molar-refractivity contribution in [1.29, 1.82) is 5.41 Å². The molecule has 0 aromatic carbocycles. The highest BCUT2D eigenvalue weighted by molar-refractivity contribution is 5.94. The lowest BCUT2D eigenvalue weighted by molar-refractivity contribution is 0.801. The predicted octanol–water partition coefficient (Wildman–Crippen LogP) is -1.80. The first kappa shape index (κ1) is 5.74. The SMILES string of the molecule is N=C(N)C1=C(N)NCN1. The van der Waals surface area contributed by atoms with Crippen molar-refractivity contribution in [3.05, 3.63) is 11.5 Å². The molecule has 5 nitrogen and oxygen atoms in total. The molecule has 0 radical (unpaired) electrons. The lowest BCUT2D eigenvalue weighted by Crippen LogP contribution is -2.23. The van der Waals surface area contributed by atoms with Gasteiger partial charge in [-0.05, 0) is 0 Å². The zero-order valence-electron chi connectivity index (χ0n) is 4.86. The van der Waals surface area contributed by atoms with Crippen LogP contribution in [0.15, 0.2) is 11.5 Å². The van der Waals surface area contributed by atoms with Gasteiger partial charge in [0.1, 0.15) is 17.4 Å². The van der Waals surface area contributed by atoms with Crippen LogP contribution in [0.2, 0.25) is 0 Å². The molecule has 0 saturated heterocycles. The van der Waals surface area contributed by atoms with E-state index in [2.05, 4.69) is 10.6 Å². The zero-order chi connectivity index (χ0) is 6.85. The molecule has 1 rings (SSSR count).